The minimum Gasteiger partial charge on any atom is -0.464 e. The first-order chi connectivity index (χ1) is 20.3. The Kier molecular flexibility index (Phi) is 11.5. The number of carbonyl (C=O) groups excluding carboxylic acids is 3. The third-order valence-electron chi connectivity index (χ3n) is 7.20. The SMILES string of the molecule is CCOC(=O)C1([C@H](Cc2ccccc2)NC(=O)[C@H](CC(C)C)NC(=O)C(c2ccccc2)c2ccccc2)SCCS1. The molecule has 0 unspecified atom stereocenters. The van der Waals surface area contributed by atoms with Crippen molar-refractivity contribution >= 4 is 41.3 Å². The Morgan fingerprint density at radius 2 is 1.31 bits per heavy atom. The van der Waals surface area contributed by atoms with Gasteiger partial charge >= 0.3 is 5.97 Å². The van der Waals surface area contributed by atoms with Crippen LogP contribution in [-0.4, -0.2) is 52.1 Å². The smallest absolute Gasteiger partial charge is 0.334 e. The molecule has 0 saturated carbocycles. The number of nitrogens with one attached hydrogen (secondary N) is 2. The van der Waals surface area contributed by atoms with Crippen LogP contribution in [0.4, 0.5) is 0 Å². The standard InChI is InChI=1S/C34H40N2O4S2/c1-4-40-33(39)34(41-20-21-42-34)29(23-25-14-8-5-9-15-25)36-31(37)28(22-24(2)3)35-32(38)30(26-16-10-6-11-17-26)27-18-12-7-13-19-27/h5-19,24,28-30H,4,20-23H2,1-3H3,(H,35,38)(H,36,37)/t28-,29-/m0/s1. The van der Waals surface area contributed by atoms with Crippen LogP contribution < -0.4 is 10.6 Å². The summed E-state index contributed by atoms with van der Waals surface area (Å²) in [6, 6.07) is 27.8. The van der Waals surface area contributed by atoms with Gasteiger partial charge in [0.2, 0.25) is 11.8 Å². The molecule has 2 amide bonds. The average Bonchev–Trinajstić information content (AvgIpc) is 3.50. The van der Waals surface area contributed by atoms with Gasteiger partial charge in [0.05, 0.1) is 18.6 Å². The molecule has 3 aromatic rings. The van der Waals surface area contributed by atoms with Crippen LogP contribution in [0.3, 0.4) is 0 Å². The van der Waals surface area contributed by atoms with Crippen LogP contribution in [0.15, 0.2) is 91.0 Å². The first-order valence-electron chi connectivity index (χ1n) is 14.5. The molecule has 2 atom stereocenters. The molecular weight excluding hydrogens is 565 g/mol. The van der Waals surface area contributed by atoms with E-state index in [1.165, 1.54) is 23.5 Å². The number of rotatable bonds is 13. The maximum atomic E-state index is 14.1. The summed E-state index contributed by atoms with van der Waals surface area (Å²) in [5, 5.41) is 6.31. The van der Waals surface area contributed by atoms with Gasteiger partial charge in [-0.25, -0.2) is 4.79 Å². The summed E-state index contributed by atoms with van der Waals surface area (Å²) in [6.45, 7) is 6.12. The Morgan fingerprint density at radius 3 is 1.81 bits per heavy atom. The van der Waals surface area contributed by atoms with Gasteiger partial charge in [-0.05, 0) is 42.4 Å². The highest BCUT2D eigenvalue weighted by Gasteiger charge is 2.52. The van der Waals surface area contributed by atoms with E-state index in [0.29, 0.717) is 12.8 Å². The number of benzene rings is 3. The van der Waals surface area contributed by atoms with Gasteiger partial charge in [0.1, 0.15) is 6.04 Å². The molecule has 6 nitrogen and oxygen atoms in total. The molecule has 0 spiro atoms. The van der Waals surface area contributed by atoms with Crippen LogP contribution in [0.2, 0.25) is 0 Å². The molecule has 1 aliphatic heterocycles. The Hall–Kier alpha value is -3.23. The van der Waals surface area contributed by atoms with Crippen molar-refractivity contribution in [1.29, 1.82) is 0 Å². The molecule has 0 radical (unpaired) electrons. The van der Waals surface area contributed by atoms with Gasteiger partial charge < -0.3 is 15.4 Å². The third-order valence-corrected chi connectivity index (χ3v) is 10.7. The monoisotopic (exact) mass is 604 g/mol. The van der Waals surface area contributed by atoms with E-state index in [1.54, 1.807) is 6.92 Å². The van der Waals surface area contributed by atoms with Crippen molar-refractivity contribution in [3.05, 3.63) is 108 Å². The van der Waals surface area contributed by atoms with Gasteiger partial charge in [0.25, 0.3) is 0 Å². The number of ether oxygens (including phenoxy) is 1. The fraction of sp³-hybridized carbons (Fsp3) is 0.382. The van der Waals surface area contributed by atoms with Crippen molar-refractivity contribution in [3.63, 3.8) is 0 Å². The lowest BCUT2D eigenvalue weighted by Gasteiger charge is -2.35. The number of amides is 2. The van der Waals surface area contributed by atoms with Crippen molar-refractivity contribution in [2.24, 2.45) is 5.92 Å². The molecule has 2 N–H and O–H groups in total. The number of carbonyl (C=O) groups is 3. The van der Waals surface area contributed by atoms with Crippen molar-refractivity contribution < 1.29 is 19.1 Å². The van der Waals surface area contributed by atoms with Crippen LogP contribution >= 0.6 is 23.5 Å². The van der Waals surface area contributed by atoms with E-state index in [2.05, 4.69) is 10.6 Å². The van der Waals surface area contributed by atoms with E-state index in [4.69, 9.17) is 4.74 Å². The zero-order valence-electron chi connectivity index (χ0n) is 24.5. The van der Waals surface area contributed by atoms with Gasteiger partial charge in [-0.3, -0.25) is 9.59 Å². The molecule has 1 fully saturated rings. The molecule has 42 heavy (non-hydrogen) atoms. The minimum absolute atomic E-state index is 0.148. The van der Waals surface area contributed by atoms with Gasteiger partial charge in [-0.1, -0.05) is 105 Å². The number of hydrogen-bond acceptors (Lipinski definition) is 6. The Bertz CT molecular complexity index is 1260. The summed E-state index contributed by atoms with van der Waals surface area (Å²) >= 11 is 3.07. The zero-order valence-corrected chi connectivity index (χ0v) is 26.1. The summed E-state index contributed by atoms with van der Waals surface area (Å²) in [7, 11) is 0. The van der Waals surface area contributed by atoms with Gasteiger partial charge in [0, 0.05) is 11.5 Å². The van der Waals surface area contributed by atoms with Gasteiger partial charge in [-0.15, -0.1) is 23.5 Å². The minimum atomic E-state index is -0.968. The topological polar surface area (TPSA) is 84.5 Å². The molecular formula is C34H40N2O4S2. The summed E-state index contributed by atoms with van der Waals surface area (Å²) < 4.78 is 4.58. The van der Waals surface area contributed by atoms with E-state index < -0.39 is 22.1 Å². The van der Waals surface area contributed by atoms with Crippen molar-refractivity contribution in [3.8, 4) is 0 Å². The predicted octanol–water partition coefficient (Wildman–Crippen LogP) is 5.82. The van der Waals surface area contributed by atoms with E-state index in [9.17, 15) is 14.4 Å². The van der Waals surface area contributed by atoms with Crippen LogP contribution in [0, 0.1) is 5.92 Å². The number of hydrogen-bond donors (Lipinski definition) is 2. The highest BCUT2D eigenvalue weighted by atomic mass is 32.2. The van der Waals surface area contributed by atoms with Crippen molar-refractivity contribution in [1.82, 2.24) is 10.6 Å². The first kappa shape index (κ1) is 31.7. The van der Waals surface area contributed by atoms with Crippen molar-refractivity contribution in [2.45, 2.75) is 55.7 Å². The second-order valence-corrected chi connectivity index (χ2v) is 13.7. The quantitative estimate of drug-likeness (QED) is 0.240. The number of thioether (sulfide) groups is 2. The molecule has 3 aromatic carbocycles. The lowest BCUT2D eigenvalue weighted by atomic mass is 9.90. The van der Waals surface area contributed by atoms with Crippen LogP contribution in [-0.2, 0) is 25.5 Å². The molecule has 1 heterocycles. The van der Waals surface area contributed by atoms with Crippen LogP contribution in [0.1, 0.15) is 49.8 Å². The molecule has 0 aliphatic carbocycles. The van der Waals surface area contributed by atoms with Crippen molar-refractivity contribution in [2.75, 3.05) is 18.1 Å². The molecule has 4 rings (SSSR count). The molecule has 0 bridgehead atoms. The van der Waals surface area contributed by atoms with E-state index in [-0.39, 0.29) is 30.3 Å². The fourth-order valence-corrected chi connectivity index (χ4v) is 8.41. The molecule has 8 heteroatoms. The zero-order chi connectivity index (χ0) is 30.0. The Balaban J connectivity index is 1.63. The molecule has 0 aromatic heterocycles. The first-order valence-corrected chi connectivity index (χ1v) is 16.5. The van der Waals surface area contributed by atoms with E-state index in [1.807, 2.05) is 105 Å². The van der Waals surface area contributed by atoms with E-state index >= 15 is 0 Å². The van der Waals surface area contributed by atoms with Gasteiger partial charge in [-0.2, -0.15) is 0 Å². The van der Waals surface area contributed by atoms with Gasteiger partial charge in [0.15, 0.2) is 4.08 Å². The third kappa shape index (κ3) is 7.98. The second-order valence-electron chi connectivity index (χ2n) is 10.8. The summed E-state index contributed by atoms with van der Waals surface area (Å²) in [4.78, 5) is 41.5. The maximum Gasteiger partial charge on any atom is 0.334 e. The normalized spacial score (nSPS) is 15.6. The maximum absolute atomic E-state index is 14.1. The largest absolute Gasteiger partial charge is 0.464 e. The summed E-state index contributed by atoms with van der Waals surface area (Å²) in [5.74, 6) is 0.291. The summed E-state index contributed by atoms with van der Waals surface area (Å²) in [5.41, 5.74) is 2.72. The Labute approximate surface area is 257 Å². The number of esters is 1. The molecule has 1 aliphatic rings. The predicted molar refractivity (Wildman–Crippen MR) is 172 cm³/mol. The lowest BCUT2D eigenvalue weighted by molar-refractivity contribution is -0.144. The highest BCUT2D eigenvalue weighted by molar-refractivity contribution is 8.22. The lowest BCUT2D eigenvalue weighted by Crippen LogP contribution is -2.58. The highest BCUT2D eigenvalue weighted by Crippen LogP contribution is 2.48. The summed E-state index contributed by atoms with van der Waals surface area (Å²) in [6.07, 6.45) is 0.920. The Morgan fingerprint density at radius 1 is 0.786 bits per heavy atom. The molecule has 222 valence electrons. The van der Waals surface area contributed by atoms with E-state index in [0.717, 1.165) is 28.2 Å². The van der Waals surface area contributed by atoms with Crippen LogP contribution in [0.5, 0.6) is 0 Å². The second kappa shape index (κ2) is 15.3. The molecule has 1 saturated heterocycles. The fourth-order valence-electron chi connectivity index (χ4n) is 5.27. The van der Waals surface area contributed by atoms with Crippen LogP contribution in [0.25, 0.3) is 0 Å². The average molecular weight is 605 g/mol.